The minimum Gasteiger partial charge on any atom is -0.493 e. The summed E-state index contributed by atoms with van der Waals surface area (Å²) in [5, 5.41) is 22.9. The molecule has 1 amide bonds. The van der Waals surface area contributed by atoms with Gasteiger partial charge in [0.1, 0.15) is 17.0 Å². The van der Waals surface area contributed by atoms with E-state index in [4.69, 9.17) is 21.4 Å². The van der Waals surface area contributed by atoms with E-state index in [0.29, 0.717) is 45.5 Å². The monoisotopic (exact) mass is 466 g/mol. The number of hydrogen-bond acceptors (Lipinski definition) is 6. The first kappa shape index (κ1) is 21.4. The molecule has 1 saturated carbocycles. The van der Waals surface area contributed by atoms with E-state index < -0.39 is 6.10 Å². The van der Waals surface area contributed by atoms with Gasteiger partial charge in [0.2, 0.25) is 0 Å². The smallest absolute Gasteiger partial charge is 0.261 e. The topological polar surface area (TPSA) is 107 Å². The highest BCUT2D eigenvalue weighted by Crippen LogP contribution is 2.39. The molecule has 10 heteroatoms. The van der Waals surface area contributed by atoms with Crippen LogP contribution in [0.25, 0.3) is 16.9 Å². The molecule has 0 spiro atoms. The highest BCUT2D eigenvalue weighted by atomic mass is 35.5. The Bertz CT molecular complexity index is 1320. The highest BCUT2D eigenvalue weighted by molar-refractivity contribution is 6.31. The number of anilines is 1. The maximum Gasteiger partial charge on any atom is 0.261 e. The number of hydrogen-bond donors (Lipinski definition) is 2. The molecule has 4 aromatic rings. The van der Waals surface area contributed by atoms with Crippen LogP contribution in [0.3, 0.4) is 0 Å². The van der Waals surface area contributed by atoms with Crippen molar-refractivity contribution < 1.29 is 14.6 Å². The van der Waals surface area contributed by atoms with Crippen LogP contribution in [0.5, 0.6) is 5.75 Å². The zero-order chi connectivity index (χ0) is 22.9. The Morgan fingerprint density at radius 3 is 3.03 bits per heavy atom. The first-order chi connectivity index (χ1) is 16.0. The summed E-state index contributed by atoms with van der Waals surface area (Å²) in [5.74, 6) is 0.240. The molecule has 1 aliphatic carbocycles. The van der Waals surface area contributed by atoms with Crippen molar-refractivity contribution in [3.8, 4) is 17.0 Å². The van der Waals surface area contributed by atoms with Crippen molar-refractivity contribution in [3.63, 3.8) is 0 Å². The molecule has 0 unspecified atom stereocenters. The normalized spacial score (nSPS) is 18.0. The van der Waals surface area contributed by atoms with Gasteiger partial charge in [-0.2, -0.15) is 10.2 Å². The van der Waals surface area contributed by atoms with Crippen molar-refractivity contribution in [2.24, 2.45) is 0 Å². The standard InChI is InChI=1S/C23H23ClN6O3/c1-2-33-20-8-7-14(24)11-15(20)21-17(13-30(28-21)18-5-3-6-19(18)31)27-23(32)16-12-26-29-10-4-9-25-22(16)29/h4,7-13,18-19,31H,2-3,5-6H2,1H3,(H,27,32)/t18-,19+/m0/s1. The summed E-state index contributed by atoms with van der Waals surface area (Å²) in [4.78, 5) is 17.5. The van der Waals surface area contributed by atoms with Crippen molar-refractivity contribution in [2.45, 2.75) is 38.3 Å². The lowest BCUT2D eigenvalue weighted by atomic mass is 10.1. The number of aliphatic hydroxyl groups is 1. The SMILES string of the molecule is CCOc1ccc(Cl)cc1-c1nn([C@H]2CCC[C@H]2O)cc1NC(=O)c1cnn2cccnc12. The second kappa shape index (κ2) is 8.84. The third-order valence-corrected chi connectivity index (χ3v) is 6.02. The molecule has 0 bridgehead atoms. The van der Waals surface area contributed by atoms with Gasteiger partial charge in [0.05, 0.1) is 30.6 Å². The van der Waals surface area contributed by atoms with E-state index in [1.807, 2.05) is 6.92 Å². The van der Waals surface area contributed by atoms with Crippen molar-refractivity contribution in [2.75, 3.05) is 11.9 Å². The molecule has 33 heavy (non-hydrogen) atoms. The van der Waals surface area contributed by atoms with E-state index in [0.717, 1.165) is 19.3 Å². The number of nitrogens with zero attached hydrogens (tertiary/aromatic N) is 5. The van der Waals surface area contributed by atoms with Gasteiger partial charge in [-0.1, -0.05) is 11.6 Å². The fourth-order valence-electron chi connectivity index (χ4n) is 4.23. The maximum absolute atomic E-state index is 13.2. The molecular weight excluding hydrogens is 444 g/mol. The maximum atomic E-state index is 13.2. The summed E-state index contributed by atoms with van der Waals surface area (Å²) in [6, 6.07) is 6.87. The van der Waals surface area contributed by atoms with Crippen molar-refractivity contribution >= 4 is 28.8 Å². The number of carbonyl (C=O) groups is 1. The van der Waals surface area contributed by atoms with Crippen LogP contribution < -0.4 is 10.1 Å². The molecule has 3 aromatic heterocycles. The molecule has 3 heterocycles. The van der Waals surface area contributed by atoms with Crippen molar-refractivity contribution in [1.29, 1.82) is 0 Å². The van der Waals surface area contributed by atoms with Gasteiger partial charge in [0, 0.05) is 29.2 Å². The molecule has 0 radical (unpaired) electrons. The number of fused-ring (bicyclic) bond motifs is 1. The van der Waals surface area contributed by atoms with Gasteiger partial charge in [-0.05, 0) is 50.5 Å². The Morgan fingerprint density at radius 1 is 1.36 bits per heavy atom. The summed E-state index contributed by atoms with van der Waals surface area (Å²) in [6.07, 6.45) is 8.52. The van der Waals surface area contributed by atoms with E-state index in [1.54, 1.807) is 47.5 Å². The number of rotatable bonds is 6. The minimum absolute atomic E-state index is 0.164. The van der Waals surface area contributed by atoms with Gasteiger partial charge in [0.15, 0.2) is 5.65 Å². The Kier molecular flexibility index (Phi) is 5.74. The molecular formula is C23H23ClN6O3. The molecule has 0 saturated heterocycles. The highest BCUT2D eigenvalue weighted by Gasteiger charge is 2.30. The average Bonchev–Trinajstić information content (AvgIpc) is 3.53. The lowest BCUT2D eigenvalue weighted by Gasteiger charge is -2.14. The zero-order valence-corrected chi connectivity index (χ0v) is 18.7. The number of ether oxygens (including phenoxy) is 1. The fraction of sp³-hybridized carbons (Fsp3) is 0.304. The predicted octanol–water partition coefficient (Wildman–Crippen LogP) is 3.98. The molecule has 5 rings (SSSR count). The second-order valence-corrected chi connectivity index (χ2v) is 8.35. The molecule has 1 fully saturated rings. The van der Waals surface area contributed by atoms with E-state index >= 15 is 0 Å². The number of nitrogens with one attached hydrogen (secondary N) is 1. The molecule has 9 nitrogen and oxygen atoms in total. The number of halogens is 1. The lowest BCUT2D eigenvalue weighted by molar-refractivity contribution is 0.102. The van der Waals surface area contributed by atoms with E-state index in [9.17, 15) is 9.90 Å². The second-order valence-electron chi connectivity index (χ2n) is 7.91. The first-order valence-corrected chi connectivity index (χ1v) is 11.2. The number of aromatic nitrogens is 5. The summed E-state index contributed by atoms with van der Waals surface area (Å²) >= 11 is 6.29. The summed E-state index contributed by atoms with van der Waals surface area (Å²) < 4.78 is 9.07. The molecule has 1 aliphatic rings. The van der Waals surface area contributed by atoms with Crippen LogP contribution in [-0.4, -0.2) is 48.1 Å². The Hall–Kier alpha value is -3.43. The van der Waals surface area contributed by atoms with Gasteiger partial charge in [0.25, 0.3) is 5.91 Å². The van der Waals surface area contributed by atoms with Gasteiger partial charge >= 0.3 is 0 Å². The van der Waals surface area contributed by atoms with Gasteiger partial charge in [-0.25, -0.2) is 9.50 Å². The summed E-state index contributed by atoms with van der Waals surface area (Å²) in [6.45, 7) is 2.36. The molecule has 1 aromatic carbocycles. The lowest BCUT2D eigenvalue weighted by Crippen LogP contribution is -2.18. The van der Waals surface area contributed by atoms with Gasteiger partial charge in [-0.15, -0.1) is 0 Å². The van der Waals surface area contributed by atoms with Crippen LogP contribution >= 0.6 is 11.6 Å². The predicted molar refractivity (Wildman–Crippen MR) is 124 cm³/mol. The largest absolute Gasteiger partial charge is 0.493 e. The molecule has 2 atom stereocenters. The van der Waals surface area contributed by atoms with Crippen LogP contribution in [0.4, 0.5) is 5.69 Å². The Labute approximate surface area is 195 Å². The van der Waals surface area contributed by atoms with E-state index in [-0.39, 0.29) is 11.9 Å². The van der Waals surface area contributed by atoms with Crippen LogP contribution in [0.1, 0.15) is 42.6 Å². The molecule has 0 aliphatic heterocycles. The van der Waals surface area contributed by atoms with E-state index in [1.165, 1.54) is 10.7 Å². The van der Waals surface area contributed by atoms with Crippen molar-refractivity contribution in [3.05, 3.63) is 59.6 Å². The minimum atomic E-state index is -0.490. The summed E-state index contributed by atoms with van der Waals surface area (Å²) in [5.41, 5.74) is 2.44. The van der Waals surface area contributed by atoms with Crippen LogP contribution in [-0.2, 0) is 0 Å². The number of carbonyl (C=O) groups excluding carboxylic acids is 1. The number of aliphatic hydroxyl groups excluding tert-OH is 1. The van der Waals surface area contributed by atoms with Gasteiger partial charge in [-0.3, -0.25) is 9.48 Å². The Morgan fingerprint density at radius 2 is 2.24 bits per heavy atom. The summed E-state index contributed by atoms with van der Waals surface area (Å²) in [7, 11) is 0. The zero-order valence-electron chi connectivity index (χ0n) is 18.0. The van der Waals surface area contributed by atoms with Gasteiger partial charge < -0.3 is 15.2 Å². The third kappa shape index (κ3) is 4.05. The number of amides is 1. The Balaban J connectivity index is 1.58. The average molecular weight is 467 g/mol. The molecule has 2 N–H and O–H groups in total. The number of benzene rings is 1. The van der Waals surface area contributed by atoms with E-state index in [2.05, 4.69) is 15.4 Å². The fourth-order valence-corrected chi connectivity index (χ4v) is 4.40. The molecule has 170 valence electrons. The van der Waals surface area contributed by atoms with Crippen LogP contribution in [0.15, 0.2) is 49.1 Å². The van der Waals surface area contributed by atoms with Crippen molar-refractivity contribution in [1.82, 2.24) is 24.4 Å². The first-order valence-electron chi connectivity index (χ1n) is 10.8. The third-order valence-electron chi connectivity index (χ3n) is 5.78. The van der Waals surface area contributed by atoms with Crippen LogP contribution in [0.2, 0.25) is 5.02 Å². The van der Waals surface area contributed by atoms with Crippen LogP contribution in [0, 0.1) is 0 Å². The quantitative estimate of drug-likeness (QED) is 0.445.